The zero-order valence-electron chi connectivity index (χ0n) is 13.7. The van der Waals surface area contributed by atoms with E-state index in [4.69, 9.17) is 5.11 Å². The SMILES string of the molecule is CC(C)(CO)CCCNC(=O)Nc1cccc(OCC(F)(F)F)c1. The number of carbonyl (C=O) groups excluding carboxylic acids is 1. The number of aliphatic hydroxyl groups excluding tert-OH is 1. The van der Waals surface area contributed by atoms with Crippen molar-refractivity contribution in [1.29, 1.82) is 0 Å². The molecule has 0 saturated carbocycles. The molecular formula is C16H23F3N2O3. The van der Waals surface area contributed by atoms with Gasteiger partial charge in [-0.15, -0.1) is 0 Å². The largest absolute Gasteiger partial charge is 0.484 e. The predicted molar refractivity (Wildman–Crippen MR) is 85.1 cm³/mol. The van der Waals surface area contributed by atoms with Gasteiger partial charge < -0.3 is 20.5 Å². The first-order chi connectivity index (χ1) is 11.1. The first-order valence-electron chi connectivity index (χ1n) is 7.57. The standard InChI is InChI=1S/C16H23F3N2O3/c1-15(2,10-22)7-4-8-20-14(23)21-12-5-3-6-13(9-12)24-11-16(17,18)19/h3,5-6,9,22H,4,7-8,10-11H2,1-2H3,(H2,20,21,23). The molecule has 0 radical (unpaired) electrons. The van der Waals surface area contributed by atoms with Gasteiger partial charge >= 0.3 is 12.2 Å². The number of aliphatic hydroxyl groups is 1. The summed E-state index contributed by atoms with van der Waals surface area (Å²) in [6.07, 6.45) is -2.95. The molecule has 24 heavy (non-hydrogen) atoms. The van der Waals surface area contributed by atoms with Gasteiger partial charge in [-0.2, -0.15) is 13.2 Å². The summed E-state index contributed by atoms with van der Waals surface area (Å²) in [5.41, 5.74) is 0.144. The number of nitrogens with one attached hydrogen (secondary N) is 2. The van der Waals surface area contributed by atoms with Crippen LogP contribution in [0.4, 0.5) is 23.7 Å². The van der Waals surface area contributed by atoms with Gasteiger partial charge in [0, 0.05) is 24.9 Å². The Kier molecular flexibility index (Phi) is 7.34. The van der Waals surface area contributed by atoms with Gasteiger partial charge in [-0.25, -0.2) is 4.79 Å². The Morgan fingerprint density at radius 2 is 2.00 bits per heavy atom. The molecular weight excluding hydrogens is 325 g/mol. The van der Waals surface area contributed by atoms with Gasteiger partial charge in [-0.3, -0.25) is 0 Å². The maximum absolute atomic E-state index is 12.1. The molecule has 0 bridgehead atoms. The molecule has 1 aromatic carbocycles. The Bertz CT molecular complexity index is 534. The molecule has 0 atom stereocenters. The first-order valence-corrected chi connectivity index (χ1v) is 7.57. The molecule has 8 heteroatoms. The average molecular weight is 348 g/mol. The van der Waals surface area contributed by atoms with E-state index in [0.29, 0.717) is 18.7 Å². The first kappa shape index (κ1) is 20.1. The lowest BCUT2D eigenvalue weighted by Gasteiger charge is -2.21. The molecule has 3 N–H and O–H groups in total. The highest BCUT2D eigenvalue weighted by molar-refractivity contribution is 5.89. The number of carbonyl (C=O) groups is 1. The number of ether oxygens (including phenoxy) is 1. The van der Waals surface area contributed by atoms with Crippen LogP contribution in [0.5, 0.6) is 5.75 Å². The van der Waals surface area contributed by atoms with E-state index in [9.17, 15) is 18.0 Å². The van der Waals surface area contributed by atoms with Crippen molar-refractivity contribution in [3.8, 4) is 5.75 Å². The minimum Gasteiger partial charge on any atom is -0.484 e. The highest BCUT2D eigenvalue weighted by Gasteiger charge is 2.28. The van der Waals surface area contributed by atoms with Crippen LogP contribution < -0.4 is 15.4 Å². The summed E-state index contributed by atoms with van der Waals surface area (Å²) in [5.74, 6) is 0.0230. The van der Waals surface area contributed by atoms with Crippen molar-refractivity contribution in [3.63, 3.8) is 0 Å². The van der Waals surface area contributed by atoms with Crippen LogP contribution in [-0.4, -0.2) is 37.1 Å². The Morgan fingerprint density at radius 1 is 1.29 bits per heavy atom. The van der Waals surface area contributed by atoms with E-state index in [-0.39, 0.29) is 17.8 Å². The lowest BCUT2D eigenvalue weighted by molar-refractivity contribution is -0.153. The quantitative estimate of drug-likeness (QED) is 0.629. The number of halogens is 3. The summed E-state index contributed by atoms with van der Waals surface area (Å²) < 4.78 is 41.0. The van der Waals surface area contributed by atoms with Crippen LogP contribution in [-0.2, 0) is 0 Å². The second-order valence-electron chi connectivity index (χ2n) is 6.24. The van der Waals surface area contributed by atoms with Crippen molar-refractivity contribution >= 4 is 11.7 Å². The maximum atomic E-state index is 12.1. The van der Waals surface area contributed by atoms with Crippen LogP contribution in [0.15, 0.2) is 24.3 Å². The molecule has 5 nitrogen and oxygen atoms in total. The average Bonchev–Trinajstić information content (AvgIpc) is 2.49. The monoisotopic (exact) mass is 348 g/mol. The van der Waals surface area contributed by atoms with Crippen molar-refractivity contribution in [2.45, 2.75) is 32.9 Å². The number of hydrogen-bond acceptors (Lipinski definition) is 3. The minimum atomic E-state index is -4.41. The summed E-state index contributed by atoms with van der Waals surface area (Å²) in [4.78, 5) is 11.7. The lowest BCUT2D eigenvalue weighted by Crippen LogP contribution is -2.30. The lowest BCUT2D eigenvalue weighted by atomic mass is 9.89. The number of alkyl halides is 3. The topological polar surface area (TPSA) is 70.6 Å². The van der Waals surface area contributed by atoms with Crippen LogP contribution in [0.3, 0.4) is 0 Å². The second-order valence-corrected chi connectivity index (χ2v) is 6.24. The van der Waals surface area contributed by atoms with Gasteiger partial charge in [0.05, 0.1) is 0 Å². The van der Waals surface area contributed by atoms with Crippen LogP contribution in [0.25, 0.3) is 0 Å². The van der Waals surface area contributed by atoms with Gasteiger partial charge in [0.2, 0.25) is 0 Å². The molecule has 0 saturated heterocycles. The molecule has 0 unspecified atom stereocenters. The molecule has 1 rings (SSSR count). The fourth-order valence-electron chi connectivity index (χ4n) is 1.85. The highest BCUT2D eigenvalue weighted by atomic mass is 19.4. The van der Waals surface area contributed by atoms with Gasteiger partial charge in [-0.1, -0.05) is 19.9 Å². The zero-order valence-corrected chi connectivity index (χ0v) is 13.7. The Morgan fingerprint density at radius 3 is 2.62 bits per heavy atom. The third-order valence-corrected chi connectivity index (χ3v) is 3.24. The normalized spacial score (nSPS) is 11.9. The van der Waals surface area contributed by atoms with Crippen molar-refractivity contribution in [3.05, 3.63) is 24.3 Å². The van der Waals surface area contributed by atoms with E-state index in [0.717, 1.165) is 6.42 Å². The number of rotatable bonds is 8. The predicted octanol–water partition coefficient (Wildman–Crippen LogP) is 3.55. The van der Waals surface area contributed by atoms with Crippen molar-refractivity contribution < 1.29 is 27.8 Å². The molecule has 0 fully saturated rings. The maximum Gasteiger partial charge on any atom is 0.422 e. The van der Waals surface area contributed by atoms with Crippen molar-refractivity contribution in [1.82, 2.24) is 5.32 Å². The van der Waals surface area contributed by atoms with Gasteiger partial charge in [0.25, 0.3) is 0 Å². The van der Waals surface area contributed by atoms with Gasteiger partial charge in [-0.05, 0) is 30.4 Å². The highest BCUT2D eigenvalue weighted by Crippen LogP contribution is 2.22. The third-order valence-electron chi connectivity index (χ3n) is 3.24. The summed E-state index contributed by atoms with van der Waals surface area (Å²) >= 11 is 0. The fraction of sp³-hybridized carbons (Fsp3) is 0.562. The van der Waals surface area contributed by atoms with E-state index in [2.05, 4.69) is 15.4 Å². The molecule has 1 aromatic rings. The Balaban J connectivity index is 2.39. The summed E-state index contributed by atoms with van der Waals surface area (Å²) in [5, 5.41) is 14.3. The molecule has 0 aliphatic heterocycles. The van der Waals surface area contributed by atoms with E-state index in [1.54, 1.807) is 6.07 Å². The van der Waals surface area contributed by atoms with Crippen LogP contribution in [0.1, 0.15) is 26.7 Å². The van der Waals surface area contributed by atoms with E-state index in [1.807, 2.05) is 13.8 Å². The summed E-state index contributed by atoms with van der Waals surface area (Å²) in [7, 11) is 0. The van der Waals surface area contributed by atoms with Gasteiger partial charge in [0.1, 0.15) is 5.75 Å². The number of amides is 2. The van der Waals surface area contributed by atoms with E-state index >= 15 is 0 Å². The van der Waals surface area contributed by atoms with Crippen LogP contribution in [0.2, 0.25) is 0 Å². The van der Waals surface area contributed by atoms with Gasteiger partial charge in [0.15, 0.2) is 6.61 Å². The Labute approximate surface area is 139 Å². The smallest absolute Gasteiger partial charge is 0.422 e. The summed E-state index contributed by atoms with van der Waals surface area (Å²) in [6.45, 7) is 2.98. The molecule has 0 heterocycles. The van der Waals surface area contributed by atoms with E-state index < -0.39 is 18.8 Å². The minimum absolute atomic E-state index is 0.0230. The second kappa shape index (κ2) is 8.77. The fourth-order valence-corrected chi connectivity index (χ4v) is 1.85. The van der Waals surface area contributed by atoms with E-state index in [1.165, 1.54) is 18.2 Å². The van der Waals surface area contributed by atoms with Crippen LogP contribution in [0, 0.1) is 5.41 Å². The molecule has 0 spiro atoms. The van der Waals surface area contributed by atoms with Crippen molar-refractivity contribution in [2.24, 2.45) is 5.41 Å². The number of hydrogen-bond donors (Lipinski definition) is 3. The van der Waals surface area contributed by atoms with Crippen molar-refractivity contribution in [2.75, 3.05) is 25.1 Å². The molecule has 0 aromatic heterocycles. The number of urea groups is 1. The number of anilines is 1. The zero-order chi connectivity index (χ0) is 18.2. The third kappa shape index (κ3) is 8.61. The van der Waals surface area contributed by atoms with Crippen LogP contribution >= 0.6 is 0 Å². The molecule has 0 aliphatic carbocycles. The molecule has 0 aliphatic rings. The Hall–Kier alpha value is -1.96. The molecule has 136 valence electrons. The molecule has 2 amide bonds. The summed E-state index contributed by atoms with van der Waals surface area (Å²) in [6, 6.07) is 5.29. The number of benzene rings is 1.